The maximum atomic E-state index is 4.74. The van der Waals surface area contributed by atoms with Crippen molar-refractivity contribution in [3.8, 4) is 21.8 Å². The summed E-state index contributed by atoms with van der Waals surface area (Å²) < 4.78 is 0. The SMILES string of the molecule is Cc1ccc(-c2csc(-c3ccccc3)n2)cc1C. The van der Waals surface area contributed by atoms with Gasteiger partial charge in [-0.2, -0.15) is 0 Å². The van der Waals surface area contributed by atoms with Crippen LogP contribution in [0.2, 0.25) is 0 Å². The molecule has 0 aliphatic heterocycles. The second-order valence-corrected chi connectivity index (χ2v) is 5.56. The number of rotatable bonds is 2. The fourth-order valence-corrected chi connectivity index (χ4v) is 2.86. The maximum Gasteiger partial charge on any atom is 0.124 e. The Morgan fingerprint density at radius 3 is 2.37 bits per heavy atom. The lowest BCUT2D eigenvalue weighted by atomic mass is 10.1. The van der Waals surface area contributed by atoms with Gasteiger partial charge in [0.05, 0.1) is 5.69 Å². The van der Waals surface area contributed by atoms with Crippen molar-refractivity contribution in [1.29, 1.82) is 0 Å². The van der Waals surface area contributed by atoms with Gasteiger partial charge in [-0.25, -0.2) is 4.98 Å². The van der Waals surface area contributed by atoms with E-state index >= 15 is 0 Å². The molecule has 0 saturated carbocycles. The summed E-state index contributed by atoms with van der Waals surface area (Å²) in [5.41, 5.74) is 6.07. The number of thiazole rings is 1. The average Bonchev–Trinajstić information content (AvgIpc) is 2.93. The molecule has 0 N–H and O–H groups in total. The third kappa shape index (κ3) is 2.45. The summed E-state index contributed by atoms with van der Waals surface area (Å²) in [6.07, 6.45) is 0. The highest BCUT2D eigenvalue weighted by atomic mass is 32.1. The van der Waals surface area contributed by atoms with Crippen LogP contribution in [0.5, 0.6) is 0 Å². The first-order valence-electron chi connectivity index (χ1n) is 6.32. The molecule has 1 aromatic heterocycles. The number of aromatic nitrogens is 1. The molecule has 0 saturated heterocycles. The van der Waals surface area contributed by atoms with Crippen LogP contribution in [-0.4, -0.2) is 4.98 Å². The van der Waals surface area contributed by atoms with Crippen molar-refractivity contribution in [3.05, 3.63) is 65.0 Å². The summed E-state index contributed by atoms with van der Waals surface area (Å²) in [6, 6.07) is 16.8. The van der Waals surface area contributed by atoms with Gasteiger partial charge in [-0.3, -0.25) is 0 Å². The quantitative estimate of drug-likeness (QED) is 0.628. The van der Waals surface area contributed by atoms with Gasteiger partial charge in [-0.1, -0.05) is 42.5 Å². The first kappa shape index (κ1) is 12.1. The summed E-state index contributed by atoms with van der Waals surface area (Å²) >= 11 is 1.70. The van der Waals surface area contributed by atoms with Gasteiger partial charge in [-0.05, 0) is 31.0 Å². The molecule has 1 nitrogen and oxygen atoms in total. The van der Waals surface area contributed by atoms with Gasteiger partial charge < -0.3 is 0 Å². The van der Waals surface area contributed by atoms with E-state index in [1.165, 1.54) is 22.3 Å². The molecule has 0 aliphatic carbocycles. The average molecular weight is 265 g/mol. The zero-order valence-electron chi connectivity index (χ0n) is 11.1. The van der Waals surface area contributed by atoms with Crippen LogP contribution in [0.25, 0.3) is 21.8 Å². The molecule has 1 heterocycles. The van der Waals surface area contributed by atoms with E-state index < -0.39 is 0 Å². The molecule has 0 aliphatic rings. The lowest BCUT2D eigenvalue weighted by molar-refractivity contribution is 1.32. The molecule has 0 radical (unpaired) electrons. The highest BCUT2D eigenvalue weighted by Crippen LogP contribution is 2.29. The molecule has 2 heteroatoms. The highest BCUT2D eigenvalue weighted by Gasteiger charge is 2.06. The van der Waals surface area contributed by atoms with E-state index in [0.717, 1.165) is 10.7 Å². The summed E-state index contributed by atoms with van der Waals surface area (Å²) in [5, 5.41) is 3.21. The minimum atomic E-state index is 1.06. The number of nitrogens with zero attached hydrogens (tertiary/aromatic N) is 1. The van der Waals surface area contributed by atoms with Crippen molar-refractivity contribution in [2.45, 2.75) is 13.8 Å². The smallest absolute Gasteiger partial charge is 0.124 e. The number of hydrogen-bond donors (Lipinski definition) is 0. The Morgan fingerprint density at radius 1 is 0.842 bits per heavy atom. The van der Waals surface area contributed by atoms with E-state index in [1.807, 2.05) is 18.2 Å². The van der Waals surface area contributed by atoms with Gasteiger partial charge in [0, 0.05) is 16.5 Å². The Bertz CT molecular complexity index is 698. The molecule has 0 bridgehead atoms. The highest BCUT2D eigenvalue weighted by molar-refractivity contribution is 7.13. The second kappa shape index (κ2) is 4.98. The number of benzene rings is 2. The van der Waals surface area contributed by atoms with Crippen molar-refractivity contribution in [1.82, 2.24) is 4.98 Å². The molecule has 2 aromatic carbocycles. The van der Waals surface area contributed by atoms with Crippen molar-refractivity contribution in [2.24, 2.45) is 0 Å². The lowest BCUT2D eigenvalue weighted by Crippen LogP contribution is -1.84. The van der Waals surface area contributed by atoms with Crippen molar-refractivity contribution >= 4 is 11.3 Å². The standard InChI is InChI=1S/C17H15NS/c1-12-8-9-15(10-13(12)2)16-11-19-17(18-16)14-6-4-3-5-7-14/h3-11H,1-2H3. The molecule has 3 rings (SSSR count). The first-order chi connectivity index (χ1) is 9.24. The van der Waals surface area contributed by atoms with Gasteiger partial charge in [0.25, 0.3) is 0 Å². The molecule has 94 valence electrons. The van der Waals surface area contributed by atoms with Gasteiger partial charge in [0.2, 0.25) is 0 Å². The van der Waals surface area contributed by atoms with Gasteiger partial charge in [0.1, 0.15) is 5.01 Å². The van der Waals surface area contributed by atoms with Crippen LogP contribution in [-0.2, 0) is 0 Å². The molecule has 0 unspecified atom stereocenters. The van der Waals surface area contributed by atoms with Gasteiger partial charge >= 0.3 is 0 Å². The van der Waals surface area contributed by atoms with E-state index in [1.54, 1.807) is 11.3 Å². The van der Waals surface area contributed by atoms with Crippen LogP contribution in [0.1, 0.15) is 11.1 Å². The Kier molecular flexibility index (Phi) is 3.18. The summed E-state index contributed by atoms with van der Waals surface area (Å²) in [4.78, 5) is 4.74. The lowest BCUT2D eigenvalue weighted by Gasteiger charge is -2.02. The van der Waals surface area contributed by atoms with Gasteiger partial charge in [0.15, 0.2) is 0 Å². The minimum Gasteiger partial charge on any atom is -0.236 e. The van der Waals surface area contributed by atoms with Crippen LogP contribution >= 0.6 is 11.3 Å². The molecule has 0 fully saturated rings. The Hall–Kier alpha value is -1.93. The van der Waals surface area contributed by atoms with Crippen LogP contribution in [0.3, 0.4) is 0 Å². The molecule has 0 amide bonds. The molecular weight excluding hydrogens is 250 g/mol. The van der Waals surface area contributed by atoms with E-state index in [9.17, 15) is 0 Å². The van der Waals surface area contributed by atoms with Gasteiger partial charge in [-0.15, -0.1) is 11.3 Å². The normalized spacial score (nSPS) is 10.6. The predicted octanol–water partition coefficient (Wildman–Crippen LogP) is 5.09. The predicted molar refractivity (Wildman–Crippen MR) is 82.5 cm³/mol. The van der Waals surface area contributed by atoms with Crippen LogP contribution < -0.4 is 0 Å². The zero-order valence-corrected chi connectivity index (χ0v) is 11.9. The van der Waals surface area contributed by atoms with Crippen LogP contribution in [0, 0.1) is 13.8 Å². The third-order valence-electron chi connectivity index (χ3n) is 3.33. The van der Waals surface area contributed by atoms with E-state index in [-0.39, 0.29) is 0 Å². The molecule has 3 aromatic rings. The third-order valence-corrected chi connectivity index (χ3v) is 4.22. The molecule has 19 heavy (non-hydrogen) atoms. The van der Waals surface area contributed by atoms with Crippen molar-refractivity contribution in [2.75, 3.05) is 0 Å². The summed E-state index contributed by atoms with van der Waals surface area (Å²) in [6.45, 7) is 4.28. The van der Waals surface area contributed by atoms with Crippen molar-refractivity contribution < 1.29 is 0 Å². The largest absolute Gasteiger partial charge is 0.236 e. The number of hydrogen-bond acceptors (Lipinski definition) is 2. The number of aryl methyl sites for hydroxylation is 2. The van der Waals surface area contributed by atoms with E-state index in [0.29, 0.717) is 0 Å². The monoisotopic (exact) mass is 265 g/mol. The Labute approximate surface area is 117 Å². The molecule has 0 spiro atoms. The summed E-state index contributed by atoms with van der Waals surface area (Å²) in [7, 11) is 0. The topological polar surface area (TPSA) is 12.9 Å². The Balaban J connectivity index is 1.99. The fourth-order valence-electron chi connectivity index (χ4n) is 2.02. The first-order valence-corrected chi connectivity index (χ1v) is 7.20. The van der Waals surface area contributed by atoms with E-state index in [4.69, 9.17) is 4.98 Å². The van der Waals surface area contributed by atoms with E-state index in [2.05, 4.69) is 49.6 Å². The van der Waals surface area contributed by atoms with Crippen LogP contribution in [0.4, 0.5) is 0 Å². The molecule has 0 atom stereocenters. The summed E-state index contributed by atoms with van der Waals surface area (Å²) in [5.74, 6) is 0. The second-order valence-electron chi connectivity index (χ2n) is 4.70. The Morgan fingerprint density at radius 2 is 1.63 bits per heavy atom. The van der Waals surface area contributed by atoms with Crippen molar-refractivity contribution in [3.63, 3.8) is 0 Å². The molecular formula is C17H15NS. The fraction of sp³-hybridized carbons (Fsp3) is 0.118. The zero-order chi connectivity index (χ0) is 13.2. The maximum absolute atomic E-state index is 4.74. The van der Waals surface area contributed by atoms with Crippen LogP contribution in [0.15, 0.2) is 53.9 Å². The minimum absolute atomic E-state index is 1.06.